The largest absolute Gasteiger partial charge is 0.463 e. The summed E-state index contributed by atoms with van der Waals surface area (Å²) in [6.07, 6.45) is -4.78. The van der Waals surface area contributed by atoms with Crippen LogP contribution in [0.4, 0.5) is 10.2 Å². The van der Waals surface area contributed by atoms with Gasteiger partial charge in [-0.25, -0.2) is 9.97 Å². The highest BCUT2D eigenvalue weighted by Crippen LogP contribution is 2.37. The smallest absolute Gasteiger partial charge is 0.303 e. The zero-order chi connectivity index (χ0) is 21.3. The van der Waals surface area contributed by atoms with Gasteiger partial charge in [0.2, 0.25) is 0 Å². The van der Waals surface area contributed by atoms with Crippen LogP contribution in [0.15, 0.2) is 6.33 Å². The van der Waals surface area contributed by atoms with Gasteiger partial charge in [-0.15, -0.1) is 0 Å². The first-order valence-electron chi connectivity index (χ1n) is 8.46. The number of fused-ring (bicyclic) bond motifs is 1. The molecule has 2 aromatic rings. The Morgan fingerprint density at radius 2 is 1.79 bits per heavy atom. The van der Waals surface area contributed by atoms with E-state index in [1.807, 2.05) is 0 Å². The lowest BCUT2D eigenvalue weighted by atomic mass is 10.1. The van der Waals surface area contributed by atoms with Gasteiger partial charge in [-0.05, 0) is 0 Å². The maximum atomic E-state index is 14.7. The molecule has 13 heteroatoms. The highest BCUT2D eigenvalue weighted by Gasteiger charge is 2.51. The van der Waals surface area contributed by atoms with E-state index in [9.17, 15) is 18.8 Å². The monoisotopic (exact) mass is 411 g/mol. The van der Waals surface area contributed by atoms with Gasteiger partial charge in [0.05, 0.1) is 0 Å². The van der Waals surface area contributed by atoms with Gasteiger partial charge in [-0.3, -0.25) is 19.0 Å². The molecule has 1 aliphatic heterocycles. The Morgan fingerprint density at radius 3 is 2.41 bits per heavy atom. The second-order valence-corrected chi connectivity index (χ2v) is 6.20. The predicted octanol–water partition coefficient (Wildman–Crippen LogP) is -0.129. The topological polar surface area (TPSA) is 158 Å². The highest BCUT2D eigenvalue weighted by molar-refractivity contribution is 5.81. The van der Waals surface area contributed by atoms with Crippen LogP contribution in [-0.4, -0.2) is 62.3 Å². The number of carbonyl (C=O) groups excluding carboxylic acids is 3. The molecule has 3 heterocycles. The van der Waals surface area contributed by atoms with Crippen molar-refractivity contribution in [3.63, 3.8) is 0 Å². The van der Waals surface area contributed by atoms with Crippen LogP contribution in [0.1, 0.15) is 27.0 Å². The maximum Gasteiger partial charge on any atom is 0.303 e. The molecule has 12 nitrogen and oxygen atoms in total. The third kappa shape index (κ3) is 4.08. The highest BCUT2D eigenvalue weighted by atomic mass is 19.1. The van der Waals surface area contributed by atoms with Crippen molar-refractivity contribution < 1.29 is 37.7 Å². The quantitative estimate of drug-likeness (QED) is 0.397. The second-order valence-electron chi connectivity index (χ2n) is 6.20. The van der Waals surface area contributed by atoms with Crippen LogP contribution in [0.3, 0.4) is 0 Å². The summed E-state index contributed by atoms with van der Waals surface area (Å²) in [6, 6.07) is 0. The van der Waals surface area contributed by atoms with Crippen molar-refractivity contribution in [3.05, 3.63) is 12.4 Å². The minimum Gasteiger partial charge on any atom is -0.463 e. The molecule has 0 unspecified atom stereocenters. The lowest BCUT2D eigenvalue weighted by Crippen LogP contribution is -2.40. The Balaban J connectivity index is 2.07. The minimum atomic E-state index is -1.33. The molecule has 1 aliphatic rings. The summed E-state index contributed by atoms with van der Waals surface area (Å²) < 4.78 is 36.8. The predicted molar refractivity (Wildman–Crippen MR) is 91.3 cm³/mol. The summed E-state index contributed by atoms with van der Waals surface area (Å²) in [4.78, 5) is 45.8. The first-order valence-corrected chi connectivity index (χ1v) is 8.46. The molecule has 2 aromatic heterocycles. The van der Waals surface area contributed by atoms with Crippen LogP contribution in [0.25, 0.3) is 11.2 Å². The number of nitrogens with zero attached hydrogens (tertiary/aromatic N) is 4. The lowest BCUT2D eigenvalue weighted by molar-refractivity contribution is -0.166. The van der Waals surface area contributed by atoms with Gasteiger partial charge in [-0.1, -0.05) is 0 Å². The van der Waals surface area contributed by atoms with Crippen molar-refractivity contribution in [3.8, 4) is 0 Å². The van der Waals surface area contributed by atoms with Gasteiger partial charge >= 0.3 is 17.9 Å². The zero-order valence-corrected chi connectivity index (χ0v) is 15.7. The number of nitrogen functional groups attached to an aromatic ring is 1. The van der Waals surface area contributed by atoms with Crippen molar-refractivity contribution in [2.24, 2.45) is 0 Å². The van der Waals surface area contributed by atoms with Crippen LogP contribution in [0.2, 0.25) is 0 Å². The van der Waals surface area contributed by atoms with Crippen LogP contribution >= 0.6 is 0 Å². The standard InChI is InChI=1S/C16H18FN5O7/c1-6(23)26-4-9-11(27-7(2)24)12(28-8(3)25)15(29-9)22-14-10(21-16(22)17)13(18)19-5-20-14/h5,9,11-12,15H,4H2,1-3H3,(H2,18,19,20)/t9-,11-,12-,15-/m1/s1. The molecule has 0 aliphatic carbocycles. The Morgan fingerprint density at radius 1 is 1.14 bits per heavy atom. The van der Waals surface area contributed by atoms with Gasteiger partial charge in [0.25, 0.3) is 6.08 Å². The summed E-state index contributed by atoms with van der Waals surface area (Å²) in [5.41, 5.74) is 5.66. The summed E-state index contributed by atoms with van der Waals surface area (Å²) in [5.74, 6) is -2.11. The Labute approximate surface area is 163 Å². The molecule has 0 bridgehead atoms. The van der Waals surface area contributed by atoms with E-state index in [0.29, 0.717) is 0 Å². The number of anilines is 1. The molecule has 0 radical (unpaired) electrons. The number of nitrogens with two attached hydrogens (primary N) is 1. The Bertz CT molecular complexity index is 965. The van der Waals surface area contributed by atoms with Crippen molar-refractivity contribution in [2.75, 3.05) is 12.3 Å². The number of hydrogen-bond donors (Lipinski definition) is 1. The fourth-order valence-electron chi connectivity index (χ4n) is 3.03. The molecule has 3 rings (SSSR count). The fraction of sp³-hybridized carbons (Fsp3) is 0.500. The zero-order valence-electron chi connectivity index (χ0n) is 15.7. The average molecular weight is 411 g/mol. The van der Waals surface area contributed by atoms with E-state index >= 15 is 0 Å². The SMILES string of the molecule is CC(=O)OC[C@H]1O[C@@H](n2c(F)nc3c(N)ncnc32)[C@H](OC(C)=O)[C@@H]1OC(C)=O. The summed E-state index contributed by atoms with van der Waals surface area (Å²) in [5, 5.41) is 0. The Kier molecular flexibility index (Phi) is 5.59. The second kappa shape index (κ2) is 7.95. The van der Waals surface area contributed by atoms with Crippen molar-refractivity contribution in [1.82, 2.24) is 19.5 Å². The van der Waals surface area contributed by atoms with Crippen LogP contribution < -0.4 is 5.73 Å². The van der Waals surface area contributed by atoms with Crippen molar-refractivity contribution in [2.45, 2.75) is 45.3 Å². The first-order chi connectivity index (χ1) is 13.7. The number of ether oxygens (including phenoxy) is 4. The number of esters is 3. The molecular formula is C16H18FN5O7. The fourth-order valence-corrected chi connectivity index (χ4v) is 3.03. The molecule has 1 saturated heterocycles. The number of carbonyl (C=O) groups is 3. The summed E-state index contributed by atoms with van der Waals surface area (Å²) >= 11 is 0. The minimum absolute atomic E-state index is 0.0214. The third-order valence-corrected chi connectivity index (χ3v) is 4.06. The number of hydrogen-bond acceptors (Lipinski definition) is 11. The lowest BCUT2D eigenvalue weighted by Gasteiger charge is -2.23. The van der Waals surface area contributed by atoms with Gasteiger partial charge in [0.1, 0.15) is 19.0 Å². The summed E-state index contributed by atoms with van der Waals surface area (Å²) in [6.45, 7) is 3.12. The molecule has 4 atom stereocenters. The van der Waals surface area contributed by atoms with E-state index in [-0.39, 0.29) is 23.6 Å². The Hall–Kier alpha value is -3.35. The van der Waals surface area contributed by atoms with Crippen LogP contribution in [-0.2, 0) is 33.3 Å². The van der Waals surface area contributed by atoms with Crippen LogP contribution in [0.5, 0.6) is 0 Å². The van der Waals surface area contributed by atoms with Gasteiger partial charge < -0.3 is 24.7 Å². The molecule has 0 spiro atoms. The third-order valence-electron chi connectivity index (χ3n) is 4.06. The molecule has 0 amide bonds. The van der Waals surface area contributed by atoms with Crippen molar-refractivity contribution in [1.29, 1.82) is 0 Å². The number of imidazole rings is 1. The normalized spacial score (nSPS) is 23.7. The van der Waals surface area contributed by atoms with E-state index < -0.39 is 48.5 Å². The molecule has 1 fully saturated rings. The molecule has 0 saturated carbocycles. The summed E-state index contributed by atoms with van der Waals surface area (Å²) in [7, 11) is 0. The van der Waals surface area contributed by atoms with E-state index in [4.69, 9.17) is 24.7 Å². The van der Waals surface area contributed by atoms with E-state index in [1.54, 1.807) is 0 Å². The number of rotatable bonds is 5. The van der Waals surface area contributed by atoms with E-state index in [2.05, 4.69) is 15.0 Å². The van der Waals surface area contributed by atoms with Gasteiger partial charge in [0, 0.05) is 20.8 Å². The average Bonchev–Trinajstić information content (AvgIpc) is 3.11. The maximum absolute atomic E-state index is 14.7. The van der Waals surface area contributed by atoms with E-state index in [1.165, 1.54) is 6.92 Å². The molecule has 0 aromatic carbocycles. The van der Waals surface area contributed by atoms with Gasteiger partial charge in [0.15, 0.2) is 35.4 Å². The first kappa shape index (κ1) is 20.4. The van der Waals surface area contributed by atoms with Crippen LogP contribution in [0, 0.1) is 6.08 Å². The van der Waals surface area contributed by atoms with Gasteiger partial charge in [-0.2, -0.15) is 9.37 Å². The van der Waals surface area contributed by atoms with E-state index in [0.717, 1.165) is 24.7 Å². The number of aromatic nitrogens is 4. The molecule has 2 N–H and O–H groups in total. The molecule has 156 valence electrons. The number of halogens is 1. The molecular weight excluding hydrogens is 393 g/mol. The molecule has 29 heavy (non-hydrogen) atoms. The van der Waals surface area contributed by atoms with Crippen molar-refractivity contribution >= 4 is 34.9 Å².